The van der Waals surface area contributed by atoms with Crippen molar-refractivity contribution in [2.45, 2.75) is 18.9 Å². The lowest BCUT2D eigenvalue weighted by molar-refractivity contribution is -0.141. The smallest absolute Gasteiger partial charge is 0.303 e. The average molecular weight is 306 g/mol. The molecule has 1 saturated heterocycles. The van der Waals surface area contributed by atoms with Gasteiger partial charge in [0, 0.05) is 26.1 Å². The number of carbonyl (C=O) groups excluding carboxylic acids is 1. The molecule has 1 atom stereocenters. The summed E-state index contributed by atoms with van der Waals surface area (Å²) in [4.78, 5) is 26.7. The molecule has 1 N–H and O–H groups in total. The highest BCUT2D eigenvalue weighted by Crippen LogP contribution is 2.26. The van der Waals surface area contributed by atoms with Gasteiger partial charge in [0.05, 0.1) is 19.6 Å². The normalized spacial score (nSPS) is 19.0. The van der Waals surface area contributed by atoms with Crippen LogP contribution in [0, 0.1) is 0 Å². The maximum absolute atomic E-state index is 12.1. The van der Waals surface area contributed by atoms with E-state index in [1.54, 1.807) is 12.0 Å². The summed E-state index contributed by atoms with van der Waals surface area (Å²) < 4.78 is 5.16. The second kappa shape index (κ2) is 7.26. The number of carboxylic acid groups (broad SMARTS) is 1. The van der Waals surface area contributed by atoms with Gasteiger partial charge in [-0.15, -0.1) is 0 Å². The van der Waals surface area contributed by atoms with Crippen LogP contribution in [0.1, 0.15) is 24.4 Å². The number of hydrogen-bond acceptors (Lipinski definition) is 4. The SMILES string of the molecule is COc1ccc([C@@H]2CN(C(=O)CCC(=O)O)CCN2C)cc1. The third-order valence-electron chi connectivity index (χ3n) is 4.05. The van der Waals surface area contributed by atoms with E-state index in [1.807, 2.05) is 31.3 Å². The summed E-state index contributed by atoms with van der Waals surface area (Å²) in [6.45, 7) is 2.00. The third-order valence-corrected chi connectivity index (χ3v) is 4.05. The number of nitrogens with zero attached hydrogens (tertiary/aromatic N) is 2. The fraction of sp³-hybridized carbons (Fsp3) is 0.500. The lowest BCUT2D eigenvalue weighted by atomic mass is 10.0. The molecular weight excluding hydrogens is 284 g/mol. The first-order chi connectivity index (χ1) is 10.5. The number of carboxylic acids is 1. The van der Waals surface area contributed by atoms with Gasteiger partial charge in [0.2, 0.25) is 5.91 Å². The van der Waals surface area contributed by atoms with Crippen molar-refractivity contribution in [2.75, 3.05) is 33.8 Å². The molecule has 22 heavy (non-hydrogen) atoms. The zero-order chi connectivity index (χ0) is 16.1. The van der Waals surface area contributed by atoms with E-state index in [-0.39, 0.29) is 24.8 Å². The Labute approximate surface area is 130 Å². The molecule has 0 bridgehead atoms. The lowest BCUT2D eigenvalue weighted by Crippen LogP contribution is -2.49. The first-order valence-electron chi connectivity index (χ1n) is 7.35. The summed E-state index contributed by atoms with van der Waals surface area (Å²) in [5, 5.41) is 8.69. The van der Waals surface area contributed by atoms with Crippen LogP contribution in [0.4, 0.5) is 0 Å². The van der Waals surface area contributed by atoms with E-state index in [2.05, 4.69) is 4.90 Å². The number of hydrogen-bond donors (Lipinski definition) is 1. The third kappa shape index (κ3) is 3.98. The van der Waals surface area contributed by atoms with Crippen molar-refractivity contribution in [1.29, 1.82) is 0 Å². The summed E-state index contributed by atoms with van der Waals surface area (Å²) >= 11 is 0. The zero-order valence-corrected chi connectivity index (χ0v) is 13.0. The van der Waals surface area contributed by atoms with Gasteiger partial charge in [0.25, 0.3) is 0 Å². The summed E-state index contributed by atoms with van der Waals surface area (Å²) in [7, 11) is 3.67. The molecule has 1 aromatic carbocycles. The number of amides is 1. The van der Waals surface area contributed by atoms with E-state index >= 15 is 0 Å². The van der Waals surface area contributed by atoms with Crippen molar-refractivity contribution in [3.05, 3.63) is 29.8 Å². The van der Waals surface area contributed by atoms with Gasteiger partial charge in [0.15, 0.2) is 0 Å². The number of methoxy groups -OCH3 is 1. The van der Waals surface area contributed by atoms with Gasteiger partial charge in [-0.1, -0.05) is 12.1 Å². The molecule has 1 fully saturated rings. The van der Waals surface area contributed by atoms with Crippen LogP contribution in [0.25, 0.3) is 0 Å². The molecule has 120 valence electrons. The van der Waals surface area contributed by atoms with Crippen molar-refractivity contribution >= 4 is 11.9 Å². The van der Waals surface area contributed by atoms with E-state index in [1.165, 1.54) is 0 Å². The second-order valence-corrected chi connectivity index (χ2v) is 5.50. The molecule has 2 rings (SSSR count). The highest BCUT2D eigenvalue weighted by molar-refractivity contribution is 5.80. The first-order valence-corrected chi connectivity index (χ1v) is 7.35. The van der Waals surface area contributed by atoms with Crippen LogP contribution in [0.2, 0.25) is 0 Å². The zero-order valence-electron chi connectivity index (χ0n) is 13.0. The van der Waals surface area contributed by atoms with Crippen molar-refractivity contribution in [1.82, 2.24) is 9.80 Å². The van der Waals surface area contributed by atoms with Crippen LogP contribution in [-0.2, 0) is 9.59 Å². The molecule has 1 amide bonds. The first kappa shape index (κ1) is 16.3. The van der Waals surface area contributed by atoms with E-state index in [9.17, 15) is 9.59 Å². The average Bonchev–Trinajstić information content (AvgIpc) is 2.53. The minimum absolute atomic E-state index is 0.0639. The van der Waals surface area contributed by atoms with Gasteiger partial charge in [-0.3, -0.25) is 14.5 Å². The van der Waals surface area contributed by atoms with Crippen molar-refractivity contribution in [3.63, 3.8) is 0 Å². The van der Waals surface area contributed by atoms with E-state index in [0.29, 0.717) is 13.1 Å². The molecule has 6 heteroatoms. The Balaban J connectivity index is 2.03. The van der Waals surface area contributed by atoms with Crippen molar-refractivity contribution in [3.8, 4) is 5.75 Å². The largest absolute Gasteiger partial charge is 0.497 e. The number of benzene rings is 1. The van der Waals surface area contributed by atoms with E-state index in [0.717, 1.165) is 17.9 Å². The molecule has 0 aromatic heterocycles. The van der Waals surface area contributed by atoms with Gasteiger partial charge >= 0.3 is 5.97 Å². The predicted octanol–water partition coefficient (Wildman–Crippen LogP) is 1.38. The van der Waals surface area contributed by atoms with Gasteiger partial charge in [-0.2, -0.15) is 0 Å². The Hall–Kier alpha value is -2.08. The number of carbonyl (C=O) groups is 2. The fourth-order valence-corrected chi connectivity index (χ4v) is 2.66. The molecular formula is C16H22N2O4. The predicted molar refractivity (Wildman–Crippen MR) is 81.8 cm³/mol. The van der Waals surface area contributed by atoms with Gasteiger partial charge in [-0.25, -0.2) is 0 Å². The molecule has 1 aliphatic heterocycles. The number of piperazine rings is 1. The van der Waals surface area contributed by atoms with Crippen LogP contribution >= 0.6 is 0 Å². The molecule has 0 radical (unpaired) electrons. The number of likely N-dealkylation sites (N-methyl/N-ethyl adjacent to an activating group) is 1. The molecule has 1 heterocycles. The van der Waals surface area contributed by atoms with Crippen LogP contribution in [0.5, 0.6) is 5.75 Å². The molecule has 0 unspecified atom stereocenters. The number of aliphatic carboxylic acids is 1. The van der Waals surface area contributed by atoms with Crippen LogP contribution in [-0.4, -0.2) is 60.6 Å². The minimum Gasteiger partial charge on any atom is -0.497 e. The highest BCUT2D eigenvalue weighted by Gasteiger charge is 2.28. The summed E-state index contributed by atoms with van der Waals surface area (Å²) in [5.74, 6) is -0.222. The standard InChI is InChI=1S/C16H22N2O4/c1-17-9-10-18(15(19)7-8-16(20)21)11-14(17)12-3-5-13(22-2)6-4-12/h3-6,14H,7-11H2,1-2H3,(H,20,21)/t14-/m0/s1. The van der Waals surface area contributed by atoms with Crippen LogP contribution < -0.4 is 4.74 Å². The molecule has 0 aliphatic carbocycles. The number of ether oxygens (including phenoxy) is 1. The molecule has 1 aromatic rings. The molecule has 0 spiro atoms. The van der Waals surface area contributed by atoms with E-state index in [4.69, 9.17) is 9.84 Å². The Kier molecular flexibility index (Phi) is 5.38. The quantitative estimate of drug-likeness (QED) is 0.890. The Morgan fingerprint density at radius 2 is 1.91 bits per heavy atom. The van der Waals surface area contributed by atoms with Crippen LogP contribution in [0.3, 0.4) is 0 Å². The van der Waals surface area contributed by atoms with Gasteiger partial charge in [0.1, 0.15) is 5.75 Å². The Morgan fingerprint density at radius 1 is 1.23 bits per heavy atom. The maximum atomic E-state index is 12.1. The summed E-state index contributed by atoms with van der Waals surface area (Å²) in [6, 6.07) is 7.95. The molecule has 6 nitrogen and oxygen atoms in total. The second-order valence-electron chi connectivity index (χ2n) is 5.50. The Bertz CT molecular complexity index is 529. The summed E-state index contributed by atoms with van der Waals surface area (Å²) in [5.41, 5.74) is 1.12. The monoisotopic (exact) mass is 306 g/mol. The molecule has 1 aliphatic rings. The highest BCUT2D eigenvalue weighted by atomic mass is 16.5. The van der Waals surface area contributed by atoms with Gasteiger partial charge < -0.3 is 14.7 Å². The van der Waals surface area contributed by atoms with E-state index < -0.39 is 5.97 Å². The molecule has 0 saturated carbocycles. The maximum Gasteiger partial charge on any atom is 0.303 e. The fourth-order valence-electron chi connectivity index (χ4n) is 2.66. The van der Waals surface area contributed by atoms with Crippen molar-refractivity contribution < 1.29 is 19.4 Å². The topological polar surface area (TPSA) is 70.1 Å². The van der Waals surface area contributed by atoms with Gasteiger partial charge in [-0.05, 0) is 24.7 Å². The Morgan fingerprint density at radius 3 is 2.50 bits per heavy atom. The van der Waals surface area contributed by atoms with Crippen LogP contribution in [0.15, 0.2) is 24.3 Å². The van der Waals surface area contributed by atoms with Crippen molar-refractivity contribution in [2.24, 2.45) is 0 Å². The number of rotatable bonds is 5. The lowest BCUT2D eigenvalue weighted by Gasteiger charge is -2.39. The summed E-state index contributed by atoms with van der Waals surface area (Å²) in [6.07, 6.45) is -0.0489. The minimum atomic E-state index is -0.936.